The Labute approximate surface area is 117 Å². The van der Waals surface area contributed by atoms with Gasteiger partial charge in [0.05, 0.1) is 0 Å². The molecule has 2 rings (SSSR count). The molecule has 0 unspecified atom stereocenters. The lowest BCUT2D eigenvalue weighted by Gasteiger charge is -2.16. The second kappa shape index (κ2) is 6.41. The van der Waals surface area contributed by atoms with Crippen LogP contribution in [0, 0.1) is 0 Å². The van der Waals surface area contributed by atoms with Crippen LogP contribution in [0.5, 0.6) is 11.5 Å². The van der Waals surface area contributed by atoms with E-state index in [-0.39, 0.29) is 24.7 Å². The molecule has 106 valence electrons. The fraction of sp³-hybridized carbons (Fsp3) is 0.250. The molecular weight excluding hydrogens is 256 g/mol. The number of rotatable bonds is 5. The molecule has 0 amide bonds. The van der Waals surface area contributed by atoms with Gasteiger partial charge in [-0.15, -0.1) is 0 Å². The third-order valence-electron chi connectivity index (χ3n) is 3.30. The quantitative estimate of drug-likeness (QED) is 0.670. The fourth-order valence-corrected chi connectivity index (χ4v) is 2.42. The van der Waals surface area contributed by atoms with Gasteiger partial charge in [0.15, 0.2) is 0 Å². The van der Waals surface area contributed by atoms with Crippen molar-refractivity contribution in [3.8, 4) is 22.6 Å². The number of hydrogen-bond acceptors (Lipinski definition) is 4. The predicted octanol–water partition coefficient (Wildman–Crippen LogP) is 1.83. The van der Waals surface area contributed by atoms with Gasteiger partial charge < -0.3 is 20.4 Å². The molecule has 2 aromatic rings. The monoisotopic (exact) mass is 274 g/mol. The highest BCUT2D eigenvalue weighted by molar-refractivity contribution is 5.79. The molecule has 0 radical (unpaired) electrons. The van der Waals surface area contributed by atoms with Crippen molar-refractivity contribution in [2.75, 3.05) is 13.2 Å². The Morgan fingerprint density at radius 3 is 2.10 bits per heavy atom. The molecule has 0 atom stereocenters. The van der Waals surface area contributed by atoms with Crippen LogP contribution < -0.4 is 0 Å². The first-order valence-corrected chi connectivity index (χ1v) is 6.52. The predicted molar refractivity (Wildman–Crippen MR) is 76.8 cm³/mol. The van der Waals surface area contributed by atoms with Crippen molar-refractivity contribution in [1.82, 2.24) is 0 Å². The summed E-state index contributed by atoms with van der Waals surface area (Å²) >= 11 is 0. The molecule has 0 spiro atoms. The summed E-state index contributed by atoms with van der Waals surface area (Å²) < 4.78 is 0. The SMILES string of the molecule is OCCc1ccc(O)c(-c2ccccc2O)c1CCO. The third kappa shape index (κ3) is 2.76. The van der Waals surface area contributed by atoms with Gasteiger partial charge in [-0.25, -0.2) is 0 Å². The zero-order valence-corrected chi connectivity index (χ0v) is 11.1. The maximum atomic E-state index is 10.1. The highest BCUT2D eigenvalue weighted by Crippen LogP contribution is 2.39. The summed E-state index contributed by atoms with van der Waals surface area (Å²) in [6.45, 7) is -0.0775. The highest BCUT2D eigenvalue weighted by Gasteiger charge is 2.16. The summed E-state index contributed by atoms with van der Waals surface area (Å²) in [7, 11) is 0. The van der Waals surface area contributed by atoms with Crippen LogP contribution in [0.15, 0.2) is 36.4 Å². The third-order valence-corrected chi connectivity index (χ3v) is 3.30. The summed E-state index contributed by atoms with van der Waals surface area (Å²) in [5, 5.41) is 38.5. The van der Waals surface area contributed by atoms with Gasteiger partial charge in [-0.05, 0) is 36.1 Å². The average Bonchev–Trinajstić information content (AvgIpc) is 2.44. The molecule has 0 saturated heterocycles. The molecule has 4 nitrogen and oxygen atoms in total. The minimum atomic E-state index is -0.0670. The molecule has 0 aromatic heterocycles. The van der Waals surface area contributed by atoms with Crippen LogP contribution in [0.3, 0.4) is 0 Å². The lowest BCUT2D eigenvalue weighted by atomic mass is 9.91. The summed E-state index contributed by atoms with van der Waals surface area (Å²) in [5.41, 5.74) is 2.65. The number of para-hydroxylation sites is 1. The van der Waals surface area contributed by atoms with E-state index in [2.05, 4.69) is 0 Å². The zero-order valence-electron chi connectivity index (χ0n) is 11.1. The van der Waals surface area contributed by atoms with Crippen molar-refractivity contribution < 1.29 is 20.4 Å². The van der Waals surface area contributed by atoms with E-state index in [4.69, 9.17) is 5.11 Å². The number of aliphatic hydroxyl groups is 2. The summed E-state index contributed by atoms with van der Waals surface area (Å²) in [6, 6.07) is 10.0. The van der Waals surface area contributed by atoms with Gasteiger partial charge in [0.2, 0.25) is 0 Å². The van der Waals surface area contributed by atoms with Gasteiger partial charge in [0.25, 0.3) is 0 Å². The van der Waals surface area contributed by atoms with Crippen LogP contribution in [0.2, 0.25) is 0 Å². The van der Waals surface area contributed by atoms with Gasteiger partial charge in [0.1, 0.15) is 11.5 Å². The van der Waals surface area contributed by atoms with Crippen LogP contribution in [0.1, 0.15) is 11.1 Å². The number of phenolic OH excluding ortho intramolecular Hbond substituents is 2. The number of phenols is 2. The van der Waals surface area contributed by atoms with Gasteiger partial charge >= 0.3 is 0 Å². The number of aliphatic hydroxyl groups excluding tert-OH is 2. The molecule has 4 heteroatoms. The van der Waals surface area contributed by atoms with Gasteiger partial charge in [0, 0.05) is 24.3 Å². The second-order valence-corrected chi connectivity index (χ2v) is 4.56. The molecule has 0 fully saturated rings. The van der Waals surface area contributed by atoms with Crippen LogP contribution in [-0.4, -0.2) is 33.6 Å². The Morgan fingerprint density at radius 2 is 1.45 bits per heavy atom. The molecule has 0 saturated carbocycles. The molecule has 0 aliphatic carbocycles. The molecule has 0 aliphatic heterocycles. The first-order valence-electron chi connectivity index (χ1n) is 6.52. The van der Waals surface area contributed by atoms with Gasteiger partial charge in [-0.1, -0.05) is 24.3 Å². The van der Waals surface area contributed by atoms with Crippen LogP contribution in [-0.2, 0) is 12.8 Å². The van der Waals surface area contributed by atoms with Gasteiger partial charge in [-0.3, -0.25) is 0 Å². The second-order valence-electron chi connectivity index (χ2n) is 4.56. The summed E-state index contributed by atoms with van der Waals surface area (Å²) in [4.78, 5) is 0. The van der Waals surface area contributed by atoms with Crippen molar-refractivity contribution in [3.05, 3.63) is 47.5 Å². The normalized spacial score (nSPS) is 10.7. The molecule has 0 heterocycles. The molecule has 2 aromatic carbocycles. The van der Waals surface area contributed by atoms with E-state index in [1.54, 1.807) is 36.4 Å². The van der Waals surface area contributed by atoms with Crippen molar-refractivity contribution in [2.45, 2.75) is 12.8 Å². The lowest BCUT2D eigenvalue weighted by molar-refractivity contribution is 0.293. The highest BCUT2D eigenvalue weighted by atomic mass is 16.3. The largest absolute Gasteiger partial charge is 0.507 e. The van der Waals surface area contributed by atoms with E-state index in [9.17, 15) is 15.3 Å². The Balaban J connectivity index is 2.66. The lowest BCUT2D eigenvalue weighted by Crippen LogP contribution is -2.03. The molecule has 0 aliphatic rings. The zero-order chi connectivity index (χ0) is 14.5. The van der Waals surface area contributed by atoms with E-state index in [1.165, 1.54) is 0 Å². The molecule has 20 heavy (non-hydrogen) atoms. The molecular formula is C16H18O4. The maximum Gasteiger partial charge on any atom is 0.123 e. The van der Waals surface area contributed by atoms with Crippen LogP contribution in [0.25, 0.3) is 11.1 Å². The minimum absolute atomic E-state index is 0.0105. The Bertz CT molecular complexity index is 593. The van der Waals surface area contributed by atoms with E-state index >= 15 is 0 Å². The van der Waals surface area contributed by atoms with E-state index in [0.717, 1.165) is 11.1 Å². The first-order chi connectivity index (χ1) is 9.69. The van der Waals surface area contributed by atoms with Crippen molar-refractivity contribution in [2.24, 2.45) is 0 Å². The first kappa shape index (κ1) is 14.4. The summed E-state index contributed by atoms with van der Waals surface area (Å²) in [5.74, 6) is 0.125. The van der Waals surface area contributed by atoms with Gasteiger partial charge in [-0.2, -0.15) is 0 Å². The topological polar surface area (TPSA) is 80.9 Å². The van der Waals surface area contributed by atoms with Crippen LogP contribution >= 0.6 is 0 Å². The maximum absolute atomic E-state index is 10.1. The minimum Gasteiger partial charge on any atom is -0.507 e. The molecule has 0 bridgehead atoms. The standard InChI is InChI=1S/C16H18O4/c17-9-7-11-5-6-15(20)16(12(11)8-10-18)13-3-1-2-4-14(13)19/h1-6,17-20H,7-10H2. The van der Waals surface area contributed by atoms with E-state index in [1.807, 2.05) is 0 Å². The smallest absolute Gasteiger partial charge is 0.123 e. The van der Waals surface area contributed by atoms with E-state index < -0.39 is 0 Å². The molecule has 4 N–H and O–H groups in total. The summed E-state index contributed by atoms with van der Waals surface area (Å²) in [6.07, 6.45) is 0.795. The van der Waals surface area contributed by atoms with Crippen molar-refractivity contribution in [3.63, 3.8) is 0 Å². The Morgan fingerprint density at radius 1 is 0.750 bits per heavy atom. The Kier molecular flexibility index (Phi) is 4.61. The van der Waals surface area contributed by atoms with Crippen molar-refractivity contribution in [1.29, 1.82) is 0 Å². The van der Waals surface area contributed by atoms with E-state index in [0.29, 0.717) is 24.0 Å². The number of aromatic hydroxyl groups is 2. The Hall–Kier alpha value is -2.04. The van der Waals surface area contributed by atoms with Crippen molar-refractivity contribution >= 4 is 0 Å². The average molecular weight is 274 g/mol. The number of hydrogen-bond donors (Lipinski definition) is 4. The van der Waals surface area contributed by atoms with Crippen LogP contribution in [0.4, 0.5) is 0 Å². The fourth-order valence-electron chi connectivity index (χ4n) is 2.42. The number of benzene rings is 2.